The van der Waals surface area contributed by atoms with Gasteiger partial charge in [-0.1, -0.05) is 13.3 Å². The maximum Gasteiger partial charge on any atom is 0.191 e. The van der Waals surface area contributed by atoms with Crippen molar-refractivity contribution >= 4 is 15.8 Å². The van der Waals surface area contributed by atoms with E-state index in [4.69, 9.17) is 0 Å². The molecule has 1 saturated heterocycles. The molecule has 2 rings (SSSR count). The summed E-state index contributed by atoms with van der Waals surface area (Å²) >= 11 is 0. The van der Waals surface area contributed by atoms with Crippen LogP contribution < -0.4 is 10.6 Å². The van der Waals surface area contributed by atoms with Gasteiger partial charge in [-0.05, 0) is 37.0 Å². The van der Waals surface area contributed by atoms with E-state index in [1.54, 1.807) is 7.05 Å². The van der Waals surface area contributed by atoms with Gasteiger partial charge in [-0.2, -0.15) is 0 Å². The van der Waals surface area contributed by atoms with E-state index in [0.29, 0.717) is 23.5 Å². The van der Waals surface area contributed by atoms with Crippen LogP contribution in [0.4, 0.5) is 0 Å². The molecule has 2 aliphatic rings. The van der Waals surface area contributed by atoms with Gasteiger partial charge in [0, 0.05) is 20.1 Å². The molecule has 1 aliphatic carbocycles. The standard InChI is InChI=1S/C14H27N3O2S/c1-3-14(6-4-7-14)11-17-13(15-2)16-9-12-5-8-20(18,19)10-12/h12H,3-11H2,1-2H3,(H2,15,16,17). The molecule has 1 saturated carbocycles. The van der Waals surface area contributed by atoms with Crippen molar-refractivity contribution in [1.29, 1.82) is 0 Å². The molecule has 0 amide bonds. The largest absolute Gasteiger partial charge is 0.356 e. The van der Waals surface area contributed by atoms with Crippen molar-refractivity contribution in [1.82, 2.24) is 10.6 Å². The Morgan fingerprint density at radius 2 is 2.10 bits per heavy atom. The van der Waals surface area contributed by atoms with Crippen molar-refractivity contribution in [2.45, 2.75) is 39.0 Å². The summed E-state index contributed by atoms with van der Waals surface area (Å²) in [6.45, 7) is 3.91. The zero-order valence-corrected chi connectivity index (χ0v) is 13.4. The van der Waals surface area contributed by atoms with Gasteiger partial charge in [0.15, 0.2) is 15.8 Å². The Bertz CT molecular complexity index is 450. The van der Waals surface area contributed by atoms with Gasteiger partial charge in [0.1, 0.15) is 0 Å². The fraction of sp³-hybridized carbons (Fsp3) is 0.929. The van der Waals surface area contributed by atoms with E-state index >= 15 is 0 Å². The Kier molecular flexibility index (Phi) is 4.94. The van der Waals surface area contributed by atoms with E-state index < -0.39 is 9.84 Å². The van der Waals surface area contributed by atoms with E-state index in [9.17, 15) is 8.42 Å². The van der Waals surface area contributed by atoms with Crippen LogP contribution in [-0.4, -0.2) is 46.0 Å². The van der Waals surface area contributed by atoms with Gasteiger partial charge in [0.2, 0.25) is 0 Å². The van der Waals surface area contributed by atoms with Crippen LogP contribution in [0.15, 0.2) is 4.99 Å². The van der Waals surface area contributed by atoms with Crippen molar-refractivity contribution in [3.05, 3.63) is 0 Å². The van der Waals surface area contributed by atoms with Gasteiger partial charge in [0.05, 0.1) is 11.5 Å². The molecular weight excluding hydrogens is 274 g/mol. The van der Waals surface area contributed by atoms with Gasteiger partial charge in [-0.3, -0.25) is 4.99 Å². The lowest BCUT2D eigenvalue weighted by molar-refractivity contribution is 0.131. The van der Waals surface area contributed by atoms with Crippen LogP contribution in [0.25, 0.3) is 0 Å². The second kappa shape index (κ2) is 6.33. The van der Waals surface area contributed by atoms with Crippen LogP contribution in [0.1, 0.15) is 39.0 Å². The van der Waals surface area contributed by atoms with Gasteiger partial charge in [-0.15, -0.1) is 0 Å². The number of sulfone groups is 1. The second-order valence-electron chi connectivity index (χ2n) is 6.28. The predicted octanol–water partition coefficient (Wildman–Crippen LogP) is 1.17. The molecule has 2 N–H and O–H groups in total. The van der Waals surface area contributed by atoms with Crippen molar-refractivity contribution in [2.75, 3.05) is 31.6 Å². The minimum Gasteiger partial charge on any atom is -0.356 e. The highest BCUT2D eigenvalue weighted by Gasteiger charge is 2.35. The van der Waals surface area contributed by atoms with Crippen LogP contribution >= 0.6 is 0 Å². The van der Waals surface area contributed by atoms with E-state index in [2.05, 4.69) is 22.5 Å². The van der Waals surface area contributed by atoms with Gasteiger partial charge >= 0.3 is 0 Å². The number of rotatable bonds is 5. The third-order valence-corrected chi connectivity index (χ3v) is 6.74. The van der Waals surface area contributed by atoms with Gasteiger partial charge in [0.25, 0.3) is 0 Å². The van der Waals surface area contributed by atoms with Gasteiger partial charge < -0.3 is 10.6 Å². The molecule has 0 aromatic heterocycles. The first-order valence-electron chi connectivity index (χ1n) is 7.63. The molecule has 0 aromatic rings. The summed E-state index contributed by atoms with van der Waals surface area (Å²) in [5.41, 5.74) is 0.453. The van der Waals surface area contributed by atoms with E-state index in [1.165, 1.54) is 25.7 Å². The summed E-state index contributed by atoms with van der Waals surface area (Å²) in [5, 5.41) is 6.67. The molecule has 1 unspecified atom stereocenters. The van der Waals surface area contributed by atoms with E-state index in [1.807, 2.05) is 0 Å². The fourth-order valence-corrected chi connectivity index (χ4v) is 4.96. The molecule has 0 aromatic carbocycles. The minimum absolute atomic E-state index is 0.224. The molecule has 6 heteroatoms. The Hall–Kier alpha value is -0.780. The minimum atomic E-state index is -2.78. The summed E-state index contributed by atoms with van der Waals surface area (Å²) < 4.78 is 22.8. The van der Waals surface area contributed by atoms with E-state index in [-0.39, 0.29) is 5.92 Å². The summed E-state index contributed by atoms with van der Waals surface area (Å²) in [4.78, 5) is 4.23. The van der Waals surface area contributed by atoms with Crippen molar-refractivity contribution in [2.24, 2.45) is 16.3 Å². The first-order chi connectivity index (χ1) is 9.49. The molecule has 0 radical (unpaired) electrons. The second-order valence-corrected chi connectivity index (χ2v) is 8.51. The molecule has 1 aliphatic heterocycles. The first kappa shape index (κ1) is 15.6. The van der Waals surface area contributed by atoms with Crippen LogP contribution in [0.2, 0.25) is 0 Å². The highest BCUT2D eigenvalue weighted by molar-refractivity contribution is 7.91. The van der Waals surface area contributed by atoms with Gasteiger partial charge in [-0.25, -0.2) is 8.42 Å². The summed E-state index contributed by atoms with van der Waals surface area (Å²) in [5.74, 6) is 1.68. The zero-order chi connectivity index (χ0) is 14.6. The van der Waals surface area contributed by atoms with Crippen LogP contribution in [0.3, 0.4) is 0 Å². The average Bonchev–Trinajstić information content (AvgIpc) is 2.72. The molecule has 1 heterocycles. The molecule has 1 atom stereocenters. The van der Waals surface area contributed by atoms with Crippen LogP contribution in [0.5, 0.6) is 0 Å². The summed E-state index contributed by atoms with van der Waals surface area (Å²) in [6.07, 6.45) is 5.91. The molecule has 116 valence electrons. The Balaban J connectivity index is 1.73. The molecular formula is C14H27N3O2S. The average molecular weight is 301 g/mol. The topological polar surface area (TPSA) is 70.6 Å². The predicted molar refractivity (Wildman–Crippen MR) is 82.7 cm³/mol. The lowest BCUT2D eigenvalue weighted by Crippen LogP contribution is -2.47. The maximum atomic E-state index is 11.4. The SMILES string of the molecule is CCC1(CNC(=NC)NCC2CCS(=O)(=O)C2)CCC1. The highest BCUT2D eigenvalue weighted by atomic mass is 32.2. The highest BCUT2D eigenvalue weighted by Crippen LogP contribution is 2.42. The third kappa shape index (κ3) is 3.87. The number of hydrogen-bond acceptors (Lipinski definition) is 3. The molecule has 0 bridgehead atoms. The third-order valence-electron chi connectivity index (χ3n) is 4.90. The lowest BCUT2D eigenvalue weighted by Gasteiger charge is -2.41. The van der Waals surface area contributed by atoms with Crippen molar-refractivity contribution < 1.29 is 8.42 Å². The number of guanidine groups is 1. The summed E-state index contributed by atoms with van der Waals surface area (Å²) in [6, 6.07) is 0. The van der Waals surface area contributed by atoms with Crippen molar-refractivity contribution in [3.8, 4) is 0 Å². The van der Waals surface area contributed by atoms with E-state index in [0.717, 1.165) is 18.9 Å². The fourth-order valence-electron chi connectivity index (χ4n) is 3.10. The number of aliphatic imine (C=N–C) groups is 1. The Morgan fingerprint density at radius 1 is 1.35 bits per heavy atom. The summed E-state index contributed by atoms with van der Waals surface area (Å²) in [7, 11) is -1.02. The lowest BCUT2D eigenvalue weighted by atomic mass is 9.67. The molecule has 0 spiro atoms. The molecule has 2 fully saturated rings. The Labute approximate surface area is 122 Å². The molecule has 5 nitrogen and oxygen atoms in total. The maximum absolute atomic E-state index is 11.4. The Morgan fingerprint density at radius 3 is 2.55 bits per heavy atom. The van der Waals surface area contributed by atoms with Crippen LogP contribution in [-0.2, 0) is 9.84 Å². The van der Waals surface area contributed by atoms with Crippen molar-refractivity contribution in [3.63, 3.8) is 0 Å². The number of nitrogens with one attached hydrogen (secondary N) is 2. The molecule has 20 heavy (non-hydrogen) atoms. The zero-order valence-electron chi connectivity index (χ0n) is 12.6. The van der Waals surface area contributed by atoms with Crippen LogP contribution in [0, 0.1) is 11.3 Å². The first-order valence-corrected chi connectivity index (χ1v) is 9.46. The monoisotopic (exact) mass is 301 g/mol. The smallest absolute Gasteiger partial charge is 0.191 e. The normalized spacial score (nSPS) is 27.9. The quantitative estimate of drug-likeness (QED) is 0.591. The number of nitrogens with zero attached hydrogens (tertiary/aromatic N) is 1. The number of hydrogen-bond donors (Lipinski definition) is 2.